The summed E-state index contributed by atoms with van der Waals surface area (Å²) in [7, 11) is -3.18. The Morgan fingerprint density at radius 2 is 2.05 bits per heavy atom. The molecule has 1 fully saturated rings. The van der Waals surface area contributed by atoms with Gasteiger partial charge in [-0.25, -0.2) is 8.42 Å². The van der Waals surface area contributed by atoms with Gasteiger partial charge in [0, 0.05) is 25.9 Å². The standard InChI is InChI=1S/C13H18N2O4S.ClH/c1-20(17,18)11-4-2-10(3-5-11)8-15-13(16)12-9-14-6-7-19-12;/h2-5,12,14H,6-9H2,1H3,(H,15,16);1H. The van der Waals surface area contributed by atoms with Gasteiger partial charge in [-0.15, -0.1) is 12.4 Å². The molecule has 0 spiro atoms. The molecule has 118 valence electrons. The molecule has 1 saturated heterocycles. The Balaban J connectivity index is 0.00000220. The second-order valence-electron chi connectivity index (χ2n) is 4.70. The van der Waals surface area contributed by atoms with E-state index in [2.05, 4.69) is 10.6 Å². The average molecular weight is 335 g/mol. The molecule has 21 heavy (non-hydrogen) atoms. The Bertz CT molecular complexity index is 568. The third kappa shape index (κ3) is 5.28. The van der Waals surface area contributed by atoms with Crippen LogP contribution in [0.2, 0.25) is 0 Å². The van der Waals surface area contributed by atoms with E-state index in [9.17, 15) is 13.2 Å². The second-order valence-corrected chi connectivity index (χ2v) is 6.71. The van der Waals surface area contributed by atoms with Crippen LogP contribution in [0.3, 0.4) is 0 Å². The number of ether oxygens (including phenoxy) is 1. The van der Waals surface area contributed by atoms with E-state index in [1.807, 2.05) is 0 Å². The topological polar surface area (TPSA) is 84.5 Å². The number of rotatable bonds is 4. The molecule has 1 unspecified atom stereocenters. The third-order valence-corrected chi connectivity index (χ3v) is 4.17. The highest BCUT2D eigenvalue weighted by molar-refractivity contribution is 7.90. The van der Waals surface area contributed by atoms with Crippen molar-refractivity contribution >= 4 is 28.2 Å². The van der Waals surface area contributed by atoms with Crippen molar-refractivity contribution in [3.05, 3.63) is 29.8 Å². The molecule has 0 radical (unpaired) electrons. The predicted molar refractivity (Wildman–Crippen MR) is 81.3 cm³/mol. The van der Waals surface area contributed by atoms with E-state index < -0.39 is 15.9 Å². The maximum Gasteiger partial charge on any atom is 0.250 e. The van der Waals surface area contributed by atoms with Crippen LogP contribution >= 0.6 is 12.4 Å². The zero-order chi connectivity index (χ0) is 14.6. The van der Waals surface area contributed by atoms with Gasteiger partial charge in [-0.2, -0.15) is 0 Å². The van der Waals surface area contributed by atoms with Crippen LogP contribution in [0.15, 0.2) is 29.2 Å². The smallest absolute Gasteiger partial charge is 0.250 e. The summed E-state index contributed by atoms with van der Waals surface area (Å²) in [6.45, 7) is 2.15. The van der Waals surface area contributed by atoms with Gasteiger partial charge in [0.25, 0.3) is 5.91 Å². The molecule has 0 aliphatic carbocycles. The van der Waals surface area contributed by atoms with Crippen LogP contribution in [-0.4, -0.2) is 46.4 Å². The summed E-state index contributed by atoms with van der Waals surface area (Å²) in [5.41, 5.74) is 0.842. The fourth-order valence-corrected chi connectivity index (χ4v) is 2.52. The average Bonchev–Trinajstić information content (AvgIpc) is 2.45. The van der Waals surface area contributed by atoms with Crippen LogP contribution < -0.4 is 10.6 Å². The third-order valence-electron chi connectivity index (χ3n) is 3.04. The molecule has 1 aliphatic heterocycles. The molecule has 2 rings (SSSR count). The van der Waals surface area contributed by atoms with E-state index >= 15 is 0 Å². The zero-order valence-corrected chi connectivity index (χ0v) is 13.3. The number of hydrogen-bond acceptors (Lipinski definition) is 5. The van der Waals surface area contributed by atoms with Gasteiger partial charge in [0.05, 0.1) is 11.5 Å². The molecule has 0 bridgehead atoms. The number of amides is 1. The number of benzene rings is 1. The minimum absolute atomic E-state index is 0. The summed E-state index contributed by atoms with van der Waals surface area (Å²) in [4.78, 5) is 12.1. The fourth-order valence-electron chi connectivity index (χ4n) is 1.89. The van der Waals surface area contributed by atoms with Crippen LogP contribution in [0.1, 0.15) is 5.56 Å². The Labute approximate surface area is 130 Å². The molecule has 0 aromatic heterocycles. The summed E-state index contributed by atoms with van der Waals surface area (Å²) in [6.07, 6.45) is 0.705. The minimum atomic E-state index is -3.18. The second kappa shape index (κ2) is 7.74. The SMILES string of the molecule is CS(=O)(=O)c1ccc(CNC(=O)C2CNCCO2)cc1.Cl. The maximum atomic E-state index is 11.8. The van der Waals surface area contributed by atoms with E-state index in [-0.39, 0.29) is 23.2 Å². The minimum Gasteiger partial charge on any atom is -0.366 e. The van der Waals surface area contributed by atoms with E-state index in [1.165, 1.54) is 12.1 Å². The Kier molecular flexibility index (Phi) is 6.60. The number of sulfone groups is 1. The van der Waals surface area contributed by atoms with Gasteiger partial charge >= 0.3 is 0 Å². The fraction of sp³-hybridized carbons (Fsp3) is 0.462. The largest absolute Gasteiger partial charge is 0.366 e. The first-order valence-corrected chi connectivity index (χ1v) is 8.25. The molecule has 8 heteroatoms. The van der Waals surface area contributed by atoms with Crippen molar-refractivity contribution in [1.82, 2.24) is 10.6 Å². The van der Waals surface area contributed by atoms with E-state index in [4.69, 9.17) is 4.74 Å². The lowest BCUT2D eigenvalue weighted by molar-refractivity contribution is -0.134. The number of carbonyl (C=O) groups is 1. The highest BCUT2D eigenvalue weighted by Gasteiger charge is 2.21. The number of morpholine rings is 1. The predicted octanol–water partition coefficient (Wildman–Crippen LogP) is 0.116. The van der Waals surface area contributed by atoms with Crippen molar-refractivity contribution in [2.75, 3.05) is 26.0 Å². The Morgan fingerprint density at radius 1 is 1.38 bits per heavy atom. The highest BCUT2D eigenvalue weighted by atomic mass is 35.5. The van der Waals surface area contributed by atoms with Crippen LogP contribution in [0.25, 0.3) is 0 Å². The molecule has 1 amide bonds. The molecular formula is C13H19ClN2O4S. The van der Waals surface area contributed by atoms with Crippen LogP contribution in [0, 0.1) is 0 Å². The van der Waals surface area contributed by atoms with Crippen molar-refractivity contribution in [1.29, 1.82) is 0 Å². The van der Waals surface area contributed by atoms with Gasteiger partial charge in [0.15, 0.2) is 9.84 Å². The lowest BCUT2D eigenvalue weighted by atomic mass is 10.2. The van der Waals surface area contributed by atoms with E-state index in [1.54, 1.807) is 12.1 Å². The van der Waals surface area contributed by atoms with Crippen molar-refractivity contribution in [2.45, 2.75) is 17.5 Å². The van der Waals surface area contributed by atoms with Crippen molar-refractivity contribution in [2.24, 2.45) is 0 Å². The molecule has 6 nitrogen and oxygen atoms in total. The molecular weight excluding hydrogens is 316 g/mol. The van der Waals surface area contributed by atoms with Crippen LogP contribution in [0.4, 0.5) is 0 Å². The molecule has 2 N–H and O–H groups in total. The summed E-state index contributed by atoms with van der Waals surface area (Å²) in [6, 6.07) is 6.46. The number of hydrogen-bond donors (Lipinski definition) is 2. The quantitative estimate of drug-likeness (QED) is 0.817. The highest BCUT2D eigenvalue weighted by Crippen LogP contribution is 2.10. The monoisotopic (exact) mass is 334 g/mol. The van der Waals surface area contributed by atoms with Crippen LogP contribution in [0.5, 0.6) is 0 Å². The Morgan fingerprint density at radius 3 is 2.57 bits per heavy atom. The zero-order valence-electron chi connectivity index (χ0n) is 11.7. The van der Waals surface area contributed by atoms with Gasteiger partial charge < -0.3 is 15.4 Å². The van der Waals surface area contributed by atoms with E-state index in [0.717, 1.165) is 18.4 Å². The first-order valence-electron chi connectivity index (χ1n) is 6.36. The molecule has 1 heterocycles. The van der Waals surface area contributed by atoms with Crippen LogP contribution in [-0.2, 0) is 25.9 Å². The summed E-state index contributed by atoms with van der Waals surface area (Å²) >= 11 is 0. The van der Waals surface area contributed by atoms with Gasteiger partial charge in [-0.3, -0.25) is 4.79 Å². The summed E-state index contributed by atoms with van der Waals surface area (Å²) in [5.74, 6) is -0.163. The van der Waals surface area contributed by atoms with Gasteiger partial charge in [-0.05, 0) is 17.7 Å². The van der Waals surface area contributed by atoms with Gasteiger partial charge in [0.1, 0.15) is 6.10 Å². The lowest BCUT2D eigenvalue weighted by Gasteiger charge is -2.22. The normalized spacial score (nSPS) is 18.6. The van der Waals surface area contributed by atoms with Crippen molar-refractivity contribution in [3.63, 3.8) is 0 Å². The molecule has 1 atom stereocenters. The summed E-state index contributed by atoms with van der Waals surface area (Å²) in [5, 5.41) is 5.86. The first-order chi connectivity index (χ1) is 9.47. The lowest BCUT2D eigenvalue weighted by Crippen LogP contribution is -2.47. The number of nitrogens with one attached hydrogen (secondary N) is 2. The molecule has 0 saturated carbocycles. The summed E-state index contributed by atoms with van der Waals surface area (Å²) < 4.78 is 28.0. The molecule has 1 aliphatic rings. The van der Waals surface area contributed by atoms with E-state index in [0.29, 0.717) is 19.7 Å². The number of halogens is 1. The van der Waals surface area contributed by atoms with Crippen molar-refractivity contribution < 1.29 is 17.9 Å². The molecule has 1 aromatic rings. The van der Waals surface area contributed by atoms with Crippen molar-refractivity contribution in [3.8, 4) is 0 Å². The van der Waals surface area contributed by atoms with Gasteiger partial charge in [-0.1, -0.05) is 12.1 Å². The first kappa shape index (κ1) is 17.9. The maximum absolute atomic E-state index is 11.8. The number of carbonyl (C=O) groups excluding carboxylic acids is 1. The molecule has 1 aromatic carbocycles. The van der Waals surface area contributed by atoms with Gasteiger partial charge in [0.2, 0.25) is 0 Å². The Hall–Kier alpha value is -1.15.